The largest absolute Gasteiger partial charge is 0.349 e. The lowest BCUT2D eigenvalue weighted by Gasteiger charge is -2.30. The molecule has 1 fully saturated rings. The van der Waals surface area contributed by atoms with E-state index in [9.17, 15) is 18.0 Å². The molecule has 0 spiro atoms. The van der Waals surface area contributed by atoms with Gasteiger partial charge in [-0.1, -0.05) is 24.3 Å². The number of hydrogen-bond donors (Lipinski definition) is 2. The first-order valence-electron chi connectivity index (χ1n) is 9.26. The van der Waals surface area contributed by atoms with E-state index >= 15 is 0 Å². The predicted octanol–water partition coefficient (Wildman–Crippen LogP) is 2.70. The van der Waals surface area contributed by atoms with Crippen molar-refractivity contribution in [1.82, 2.24) is 9.62 Å². The summed E-state index contributed by atoms with van der Waals surface area (Å²) in [6, 6.07) is 10.00. The molecule has 1 aliphatic rings. The number of anilines is 1. The fraction of sp³-hybridized carbons (Fsp3) is 0.300. The van der Waals surface area contributed by atoms with Crippen molar-refractivity contribution >= 4 is 38.9 Å². The molecule has 9 heteroatoms. The first-order valence-corrected chi connectivity index (χ1v) is 11.6. The van der Waals surface area contributed by atoms with Crippen molar-refractivity contribution in [2.75, 3.05) is 25.0 Å². The summed E-state index contributed by atoms with van der Waals surface area (Å²) in [6.45, 7) is 4.40. The monoisotopic (exact) mass is 433 g/mol. The summed E-state index contributed by atoms with van der Waals surface area (Å²) >= 11 is 1.17. The van der Waals surface area contributed by atoms with Gasteiger partial charge in [0.25, 0.3) is 15.9 Å². The van der Waals surface area contributed by atoms with Crippen molar-refractivity contribution in [3.63, 3.8) is 0 Å². The molecule has 2 amide bonds. The Kier molecular flexibility index (Phi) is 6.83. The molecule has 2 heterocycles. The fourth-order valence-electron chi connectivity index (χ4n) is 3.20. The smallest absolute Gasteiger partial charge is 0.253 e. The van der Waals surface area contributed by atoms with Crippen LogP contribution in [0.1, 0.15) is 23.2 Å². The highest BCUT2D eigenvalue weighted by Crippen LogP contribution is 2.27. The minimum atomic E-state index is -3.59. The molecular formula is C20H23N3O4S2. The van der Waals surface area contributed by atoms with E-state index < -0.39 is 15.9 Å². The van der Waals surface area contributed by atoms with Crippen LogP contribution in [0.2, 0.25) is 0 Å². The Balaban J connectivity index is 1.72. The van der Waals surface area contributed by atoms with E-state index in [1.807, 2.05) is 0 Å². The van der Waals surface area contributed by atoms with E-state index in [1.54, 1.807) is 47.9 Å². The third kappa shape index (κ3) is 4.92. The highest BCUT2D eigenvalue weighted by atomic mass is 32.2. The SMILES string of the molecule is C=CCNC(=O)c1ccccc1NC(=O)[C@@H]1CCCN(S(=O)(=O)c2cccs2)C1. The van der Waals surface area contributed by atoms with E-state index in [0.29, 0.717) is 37.2 Å². The second kappa shape index (κ2) is 9.34. The maximum Gasteiger partial charge on any atom is 0.253 e. The molecule has 0 saturated carbocycles. The molecule has 2 N–H and O–H groups in total. The minimum Gasteiger partial charge on any atom is -0.349 e. The first kappa shape index (κ1) is 21.2. The number of nitrogens with zero attached hydrogens (tertiary/aromatic N) is 1. The highest BCUT2D eigenvalue weighted by Gasteiger charge is 2.34. The summed E-state index contributed by atoms with van der Waals surface area (Å²) in [5, 5.41) is 7.21. The molecule has 1 saturated heterocycles. The average Bonchev–Trinajstić information content (AvgIpc) is 3.28. The highest BCUT2D eigenvalue weighted by molar-refractivity contribution is 7.91. The van der Waals surface area contributed by atoms with Gasteiger partial charge in [0.15, 0.2) is 0 Å². The zero-order chi connectivity index (χ0) is 20.9. The van der Waals surface area contributed by atoms with Crippen LogP contribution in [-0.4, -0.2) is 44.2 Å². The third-order valence-corrected chi connectivity index (χ3v) is 7.92. The van der Waals surface area contributed by atoms with Crippen LogP contribution in [0.3, 0.4) is 0 Å². The molecule has 0 aliphatic carbocycles. The number of nitrogens with one attached hydrogen (secondary N) is 2. The predicted molar refractivity (Wildman–Crippen MR) is 113 cm³/mol. The Labute approximate surface area is 174 Å². The molecular weight excluding hydrogens is 410 g/mol. The molecule has 0 unspecified atom stereocenters. The van der Waals surface area contributed by atoms with Crippen molar-refractivity contribution in [2.45, 2.75) is 17.1 Å². The Morgan fingerprint density at radius 2 is 2.03 bits per heavy atom. The van der Waals surface area contributed by atoms with Crippen LogP contribution in [-0.2, 0) is 14.8 Å². The molecule has 0 bridgehead atoms. The molecule has 3 rings (SSSR count). The van der Waals surface area contributed by atoms with Crippen molar-refractivity contribution in [3.05, 3.63) is 60.0 Å². The van der Waals surface area contributed by atoms with Gasteiger partial charge in [0.1, 0.15) is 4.21 Å². The van der Waals surface area contributed by atoms with Gasteiger partial charge in [-0.15, -0.1) is 17.9 Å². The maximum absolute atomic E-state index is 12.8. The van der Waals surface area contributed by atoms with Crippen molar-refractivity contribution in [2.24, 2.45) is 5.92 Å². The normalized spacial score (nSPS) is 17.4. The number of amides is 2. The average molecular weight is 434 g/mol. The van der Waals surface area contributed by atoms with Gasteiger partial charge in [-0.25, -0.2) is 8.42 Å². The molecule has 1 aliphatic heterocycles. The number of thiophene rings is 1. The fourth-order valence-corrected chi connectivity index (χ4v) is 5.87. The number of rotatable bonds is 7. The quantitative estimate of drug-likeness (QED) is 0.657. The molecule has 2 aromatic rings. The van der Waals surface area contributed by atoms with Crippen LogP contribution >= 0.6 is 11.3 Å². The summed E-state index contributed by atoms with van der Waals surface area (Å²) in [4.78, 5) is 25.1. The number of hydrogen-bond acceptors (Lipinski definition) is 5. The standard InChI is InChI=1S/C20H23N3O4S2/c1-2-11-21-20(25)16-8-3-4-9-17(16)22-19(24)15-7-5-12-23(14-15)29(26,27)18-10-6-13-28-18/h2-4,6,8-10,13,15H,1,5,7,11-12,14H2,(H,21,25)(H,22,24)/t15-/m1/s1. The van der Waals surface area contributed by atoms with Gasteiger partial charge in [-0.2, -0.15) is 4.31 Å². The van der Waals surface area contributed by atoms with Crippen molar-refractivity contribution in [3.8, 4) is 0 Å². The number of carbonyl (C=O) groups excluding carboxylic acids is 2. The summed E-state index contributed by atoms with van der Waals surface area (Å²) in [6.07, 6.45) is 2.76. The molecule has 1 aromatic heterocycles. The maximum atomic E-state index is 12.8. The van der Waals surface area contributed by atoms with Crippen LogP contribution in [0.5, 0.6) is 0 Å². The Morgan fingerprint density at radius 1 is 1.24 bits per heavy atom. The van der Waals surface area contributed by atoms with Gasteiger partial charge in [0.05, 0.1) is 17.2 Å². The molecule has 29 heavy (non-hydrogen) atoms. The van der Waals surface area contributed by atoms with E-state index in [4.69, 9.17) is 0 Å². The van der Waals surface area contributed by atoms with Crippen LogP contribution in [0.25, 0.3) is 0 Å². The van der Waals surface area contributed by atoms with Crippen LogP contribution in [0.4, 0.5) is 5.69 Å². The number of piperidine rings is 1. The topological polar surface area (TPSA) is 95.6 Å². The van der Waals surface area contributed by atoms with Gasteiger partial charge in [-0.3, -0.25) is 9.59 Å². The van der Waals surface area contributed by atoms with Crippen LogP contribution in [0, 0.1) is 5.92 Å². The second-order valence-corrected chi connectivity index (χ2v) is 9.78. The van der Waals surface area contributed by atoms with Gasteiger partial charge in [0, 0.05) is 19.6 Å². The van der Waals surface area contributed by atoms with Gasteiger partial charge < -0.3 is 10.6 Å². The third-order valence-electron chi connectivity index (χ3n) is 4.68. The zero-order valence-corrected chi connectivity index (χ0v) is 17.5. The van der Waals surface area contributed by atoms with E-state index in [-0.39, 0.29) is 22.6 Å². The lowest BCUT2D eigenvalue weighted by Crippen LogP contribution is -2.43. The second-order valence-electron chi connectivity index (χ2n) is 6.67. The Hall–Kier alpha value is -2.49. The number of sulfonamides is 1. The van der Waals surface area contributed by atoms with Crippen molar-refractivity contribution < 1.29 is 18.0 Å². The Morgan fingerprint density at radius 3 is 2.76 bits per heavy atom. The van der Waals surface area contributed by atoms with Gasteiger partial charge in [0.2, 0.25) is 5.91 Å². The van der Waals surface area contributed by atoms with Crippen LogP contribution < -0.4 is 10.6 Å². The number of benzene rings is 1. The van der Waals surface area contributed by atoms with E-state index in [2.05, 4.69) is 17.2 Å². The van der Waals surface area contributed by atoms with E-state index in [1.165, 1.54) is 15.6 Å². The first-order chi connectivity index (χ1) is 13.9. The molecule has 154 valence electrons. The molecule has 0 radical (unpaired) electrons. The summed E-state index contributed by atoms with van der Waals surface area (Å²) < 4.78 is 27.2. The van der Waals surface area contributed by atoms with Gasteiger partial charge >= 0.3 is 0 Å². The lowest BCUT2D eigenvalue weighted by molar-refractivity contribution is -0.120. The minimum absolute atomic E-state index is 0.122. The zero-order valence-electron chi connectivity index (χ0n) is 15.8. The molecule has 1 atom stereocenters. The number of carbonyl (C=O) groups is 2. The van der Waals surface area contributed by atoms with Crippen LogP contribution in [0.15, 0.2) is 58.6 Å². The summed E-state index contributed by atoms with van der Waals surface area (Å²) in [7, 11) is -3.59. The number of para-hydroxylation sites is 1. The van der Waals surface area contributed by atoms with Gasteiger partial charge in [-0.05, 0) is 36.4 Å². The summed E-state index contributed by atoms with van der Waals surface area (Å²) in [5.41, 5.74) is 0.749. The molecule has 1 aromatic carbocycles. The van der Waals surface area contributed by atoms with E-state index in [0.717, 1.165) is 0 Å². The van der Waals surface area contributed by atoms with Crippen molar-refractivity contribution in [1.29, 1.82) is 0 Å². The lowest BCUT2D eigenvalue weighted by atomic mass is 9.98. The Bertz CT molecular complexity index is 987. The summed E-state index contributed by atoms with van der Waals surface area (Å²) in [5.74, 6) is -1.09. The molecule has 7 nitrogen and oxygen atoms in total.